The van der Waals surface area contributed by atoms with Crippen LogP contribution in [-0.2, 0) is 6.61 Å². The van der Waals surface area contributed by atoms with Gasteiger partial charge in [0.05, 0.1) is 31.0 Å². The lowest BCUT2D eigenvalue weighted by molar-refractivity contribution is 0.269. The number of hydrogen-bond acceptors (Lipinski definition) is 6. The molecule has 0 saturated carbocycles. The highest BCUT2D eigenvalue weighted by Crippen LogP contribution is 2.34. The van der Waals surface area contributed by atoms with E-state index in [-0.39, 0.29) is 44.9 Å². The highest BCUT2D eigenvalue weighted by molar-refractivity contribution is 6.29. The first kappa shape index (κ1) is 27.3. The Balaban J connectivity index is 0.000000438. The lowest BCUT2D eigenvalue weighted by Crippen LogP contribution is -2.16. The number of benzene rings is 2. The van der Waals surface area contributed by atoms with Crippen LogP contribution in [0.4, 0.5) is 13.2 Å². The van der Waals surface area contributed by atoms with Crippen molar-refractivity contribution in [1.29, 1.82) is 0 Å². The Morgan fingerprint density at radius 3 is 2.33 bits per heavy atom. The van der Waals surface area contributed by atoms with Crippen molar-refractivity contribution in [1.82, 2.24) is 19.5 Å². The summed E-state index contributed by atoms with van der Waals surface area (Å²) in [7, 11) is 2.58. The lowest BCUT2D eigenvalue weighted by Gasteiger charge is -2.15. The molecule has 0 radical (unpaired) electrons. The van der Waals surface area contributed by atoms with Gasteiger partial charge in [-0.1, -0.05) is 17.7 Å². The maximum absolute atomic E-state index is 14.9. The summed E-state index contributed by atoms with van der Waals surface area (Å²) in [5.41, 5.74) is -0.680. The van der Waals surface area contributed by atoms with Gasteiger partial charge in [0.1, 0.15) is 17.5 Å². The predicted molar refractivity (Wildman–Crippen MR) is 138 cm³/mol. The summed E-state index contributed by atoms with van der Waals surface area (Å²) in [4.78, 5) is 31.8. The van der Waals surface area contributed by atoms with Crippen LogP contribution in [-0.4, -0.2) is 33.7 Å². The predicted octanol–water partition coefficient (Wildman–Crippen LogP) is 4.76. The lowest BCUT2D eigenvalue weighted by atomic mass is 10.2. The number of methoxy groups -OCH3 is 2. The average molecular weight is 561 g/mol. The largest absolute Gasteiger partial charge is 0.496 e. The van der Waals surface area contributed by atoms with E-state index in [0.717, 1.165) is 16.7 Å². The highest BCUT2D eigenvalue weighted by atomic mass is 35.5. The van der Waals surface area contributed by atoms with Gasteiger partial charge in [0.15, 0.2) is 34.6 Å². The Kier molecular flexibility index (Phi) is 8.25. The van der Waals surface area contributed by atoms with Crippen LogP contribution in [0.2, 0.25) is 5.15 Å². The molecule has 0 saturated heterocycles. The van der Waals surface area contributed by atoms with Crippen LogP contribution in [0.1, 0.15) is 5.56 Å². The molecule has 0 aliphatic carbocycles. The molecule has 3 aromatic heterocycles. The normalized spacial score (nSPS) is 10.6. The van der Waals surface area contributed by atoms with Crippen LogP contribution in [0.5, 0.6) is 17.2 Å². The second-order valence-corrected chi connectivity index (χ2v) is 8.17. The van der Waals surface area contributed by atoms with Crippen LogP contribution in [0.3, 0.4) is 0 Å². The number of fused-ring (bicyclic) bond motifs is 1. The molecule has 202 valence electrons. The zero-order valence-corrected chi connectivity index (χ0v) is 21.2. The van der Waals surface area contributed by atoms with Crippen molar-refractivity contribution >= 4 is 22.8 Å². The maximum Gasteiger partial charge on any atom is 0.332 e. The van der Waals surface area contributed by atoms with E-state index in [9.17, 15) is 22.8 Å². The zero-order valence-electron chi connectivity index (χ0n) is 20.4. The number of pyridine rings is 2. The van der Waals surface area contributed by atoms with E-state index in [1.165, 1.54) is 44.6 Å². The molecule has 0 amide bonds. The third-order valence-corrected chi connectivity index (χ3v) is 5.61. The third kappa shape index (κ3) is 5.91. The summed E-state index contributed by atoms with van der Waals surface area (Å²) in [5.74, 6) is -3.02. The van der Waals surface area contributed by atoms with Crippen molar-refractivity contribution in [3.05, 3.63) is 110 Å². The van der Waals surface area contributed by atoms with Crippen LogP contribution < -0.4 is 25.5 Å². The van der Waals surface area contributed by atoms with Crippen molar-refractivity contribution < 1.29 is 27.4 Å². The summed E-state index contributed by atoms with van der Waals surface area (Å²) in [6, 6.07) is 12.3. The van der Waals surface area contributed by atoms with E-state index in [0.29, 0.717) is 5.52 Å². The Morgan fingerprint density at radius 2 is 1.69 bits per heavy atom. The molecule has 0 aliphatic rings. The molecule has 0 unspecified atom stereocenters. The molecule has 9 nitrogen and oxygen atoms in total. The minimum Gasteiger partial charge on any atom is -0.496 e. The fourth-order valence-corrected chi connectivity index (χ4v) is 3.72. The first-order valence-electron chi connectivity index (χ1n) is 11.2. The second-order valence-electron chi connectivity index (χ2n) is 7.78. The molecule has 2 N–H and O–H groups in total. The third-order valence-electron chi connectivity index (χ3n) is 5.40. The number of nitrogens with zero attached hydrogens (tertiary/aromatic N) is 2. The van der Waals surface area contributed by atoms with E-state index < -0.39 is 29.7 Å². The first-order valence-corrected chi connectivity index (χ1v) is 11.5. The fraction of sp³-hybridized carbons (Fsp3) is 0.115. The van der Waals surface area contributed by atoms with Crippen LogP contribution >= 0.6 is 11.6 Å². The maximum atomic E-state index is 14.9. The van der Waals surface area contributed by atoms with Crippen molar-refractivity contribution in [2.75, 3.05) is 14.2 Å². The number of halogens is 4. The summed E-state index contributed by atoms with van der Waals surface area (Å²) in [6.45, 7) is -0.457. The molecule has 3 heterocycles. The van der Waals surface area contributed by atoms with Crippen LogP contribution in [0.25, 0.3) is 16.9 Å². The second kappa shape index (κ2) is 11.8. The summed E-state index contributed by atoms with van der Waals surface area (Å²) < 4.78 is 59.6. The number of hydrogen-bond donors (Lipinski definition) is 2. The molecule has 0 bridgehead atoms. The molecule has 5 aromatic rings. The SMILES string of the molecule is COc1cc(F)c(-n2c(=O)[nH]c3ccc(Cl)nc32)cc1OCc1c(OC)ccc(F)c1F.O=c1cccc[nH]1. The number of aromatic nitrogens is 4. The van der Waals surface area contributed by atoms with Crippen molar-refractivity contribution in [3.63, 3.8) is 0 Å². The van der Waals surface area contributed by atoms with Gasteiger partial charge in [0.25, 0.3) is 0 Å². The summed E-state index contributed by atoms with van der Waals surface area (Å²) in [6.07, 6.45) is 1.60. The van der Waals surface area contributed by atoms with Gasteiger partial charge in [0.2, 0.25) is 5.56 Å². The highest BCUT2D eigenvalue weighted by Gasteiger charge is 2.20. The Bertz CT molecular complexity index is 1740. The molecular formula is C26H20ClF3N4O5. The van der Waals surface area contributed by atoms with Gasteiger partial charge in [0, 0.05) is 24.4 Å². The first-order chi connectivity index (χ1) is 18.7. The van der Waals surface area contributed by atoms with Gasteiger partial charge < -0.3 is 24.2 Å². The number of H-pyrrole nitrogens is 2. The number of nitrogens with one attached hydrogen (secondary N) is 2. The molecule has 0 atom stereocenters. The molecule has 13 heteroatoms. The van der Waals surface area contributed by atoms with Crippen molar-refractivity contribution in [3.8, 4) is 22.9 Å². The fourth-order valence-electron chi connectivity index (χ4n) is 3.58. The minimum atomic E-state index is -1.14. The van der Waals surface area contributed by atoms with E-state index in [2.05, 4.69) is 15.0 Å². The number of ether oxygens (including phenoxy) is 3. The molecule has 39 heavy (non-hydrogen) atoms. The summed E-state index contributed by atoms with van der Waals surface area (Å²) in [5, 5.41) is 0.101. The number of aromatic amines is 2. The van der Waals surface area contributed by atoms with Crippen LogP contribution in [0.15, 0.2) is 70.4 Å². The Morgan fingerprint density at radius 1 is 0.923 bits per heavy atom. The number of rotatable bonds is 6. The number of imidazole rings is 1. The molecule has 2 aromatic carbocycles. The molecular weight excluding hydrogens is 541 g/mol. The van der Waals surface area contributed by atoms with E-state index >= 15 is 0 Å². The van der Waals surface area contributed by atoms with Gasteiger partial charge in [-0.05, 0) is 30.3 Å². The zero-order chi connectivity index (χ0) is 28.1. The topological polar surface area (TPSA) is 111 Å². The van der Waals surface area contributed by atoms with Crippen molar-refractivity contribution in [2.45, 2.75) is 6.61 Å². The molecule has 0 fully saturated rings. The van der Waals surface area contributed by atoms with Gasteiger partial charge in [-0.3, -0.25) is 4.79 Å². The van der Waals surface area contributed by atoms with Gasteiger partial charge in [-0.15, -0.1) is 0 Å². The van der Waals surface area contributed by atoms with Gasteiger partial charge in [-0.25, -0.2) is 27.5 Å². The van der Waals surface area contributed by atoms with Crippen LogP contribution in [0, 0.1) is 17.5 Å². The van der Waals surface area contributed by atoms with E-state index in [1.54, 1.807) is 18.3 Å². The standard InChI is InChI=1S/C21H15ClF3N3O4.C5H5NO/c1-30-15-5-3-11(23)19(25)10(15)9-32-17-8-14(12(24)7-16(17)31-2)28-20-13(26-21(28)29)4-6-18(22)27-20;7-5-3-1-2-4-6-5/h3-8H,9H2,1-2H3,(H,26,29);1-4H,(H,6,7). The monoisotopic (exact) mass is 560 g/mol. The van der Waals surface area contributed by atoms with E-state index in [4.69, 9.17) is 25.8 Å². The van der Waals surface area contributed by atoms with E-state index in [1.807, 2.05) is 0 Å². The minimum absolute atomic E-state index is 0.0269. The molecule has 0 aliphatic heterocycles. The van der Waals surface area contributed by atoms with Gasteiger partial charge in [-0.2, -0.15) is 0 Å². The average Bonchev–Trinajstić information content (AvgIpc) is 3.25. The summed E-state index contributed by atoms with van der Waals surface area (Å²) >= 11 is 5.92. The van der Waals surface area contributed by atoms with Gasteiger partial charge >= 0.3 is 5.69 Å². The smallest absolute Gasteiger partial charge is 0.332 e. The van der Waals surface area contributed by atoms with Crippen molar-refractivity contribution in [2.24, 2.45) is 0 Å². The molecule has 5 rings (SSSR count). The quantitative estimate of drug-likeness (QED) is 0.290. The Hall–Kier alpha value is -4.71. The molecule has 0 spiro atoms. The Labute approximate surface area is 223 Å².